The van der Waals surface area contributed by atoms with Crippen LogP contribution in [-0.4, -0.2) is 9.55 Å². The Balaban J connectivity index is 1.26. The van der Waals surface area contributed by atoms with Crippen LogP contribution >= 0.6 is 11.3 Å². The van der Waals surface area contributed by atoms with Gasteiger partial charge in [0.05, 0.1) is 11.0 Å². The van der Waals surface area contributed by atoms with E-state index in [9.17, 15) is 0 Å². The zero-order valence-electron chi connectivity index (χ0n) is 19.3. The lowest BCUT2D eigenvalue weighted by Crippen LogP contribution is -1.93. The van der Waals surface area contributed by atoms with Gasteiger partial charge in [0, 0.05) is 43.5 Å². The number of hydrogen-bond donors (Lipinski definition) is 0. The van der Waals surface area contributed by atoms with Gasteiger partial charge in [0.2, 0.25) is 0 Å². The first-order chi connectivity index (χ1) is 17.8. The summed E-state index contributed by atoms with van der Waals surface area (Å²) in [5.41, 5.74) is 6.05. The molecule has 3 heteroatoms. The first kappa shape index (κ1) is 19.8. The molecule has 2 nitrogen and oxygen atoms in total. The molecule has 0 aliphatic carbocycles. The van der Waals surface area contributed by atoms with Gasteiger partial charge in [0.25, 0.3) is 0 Å². The number of benzene rings is 5. The molecule has 0 fully saturated rings. The van der Waals surface area contributed by atoms with E-state index in [1.165, 1.54) is 64.9 Å². The summed E-state index contributed by atoms with van der Waals surface area (Å²) in [6, 6.07) is 41.6. The SMILES string of the molecule is c1ccc2c(c1)sc1ncc3cc(-c4ccc(-n5c6ccccc6c6ccccc65)cc4)ccc3c12. The number of hydrogen-bond acceptors (Lipinski definition) is 2. The first-order valence-electron chi connectivity index (χ1n) is 12.1. The summed E-state index contributed by atoms with van der Waals surface area (Å²) >= 11 is 1.77. The average molecular weight is 477 g/mol. The largest absolute Gasteiger partial charge is 0.309 e. The van der Waals surface area contributed by atoms with Crippen molar-refractivity contribution < 1.29 is 0 Å². The van der Waals surface area contributed by atoms with Crippen LogP contribution in [0, 0.1) is 0 Å². The van der Waals surface area contributed by atoms with E-state index in [1.54, 1.807) is 11.3 Å². The number of rotatable bonds is 2. The van der Waals surface area contributed by atoms with Gasteiger partial charge in [-0.15, -0.1) is 11.3 Å². The third-order valence-corrected chi connectivity index (χ3v) is 8.34. The number of aromatic nitrogens is 2. The molecule has 0 spiro atoms. The van der Waals surface area contributed by atoms with Gasteiger partial charge in [-0.05, 0) is 52.9 Å². The molecule has 0 saturated heterocycles. The molecule has 0 aliphatic heterocycles. The van der Waals surface area contributed by atoms with Crippen LogP contribution < -0.4 is 0 Å². The highest BCUT2D eigenvalue weighted by atomic mass is 32.1. The Morgan fingerprint density at radius 3 is 1.94 bits per heavy atom. The minimum Gasteiger partial charge on any atom is -0.309 e. The fraction of sp³-hybridized carbons (Fsp3) is 0. The summed E-state index contributed by atoms with van der Waals surface area (Å²) in [7, 11) is 0. The Labute approximate surface area is 211 Å². The summed E-state index contributed by atoms with van der Waals surface area (Å²) < 4.78 is 3.65. The summed E-state index contributed by atoms with van der Waals surface area (Å²) in [5.74, 6) is 0. The normalized spacial score (nSPS) is 11.9. The topological polar surface area (TPSA) is 17.8 Å². The number of pyridine rings is 1. The van der Waals surface area contributed by atoms with E-state index in [2.05, 4.69) is 120 Å². The van der Waals surface area contributed by atoms with Gasteiger partial charge in [-0.1, -0.05) is 78.9 Å². The van der Waals surface area contributed by atoms with Crippen molar-refractivity contribution in [3.05, 3.63) is 121 Å². The molecule has 0 amide bonds. The van der Waals surface area contributed by atoms with Gasteiger partial charge in [-0.2, -0.15) is 0 Å². The second kappa shape index (κ2) is 7.51. The van der Waals surface area contributed by atoms with E-state index in [-0.39, 0.29) is 0 Å². The number of nitrogens with zero attached hydrogens (tertiary/aromatic N) is 2. The van der Waals surface area contributed by atoms with Gasteiger partial charge >= 0.3 is 0 Å². The van der Waals surface area contributed by atoms with Crippen molar-refractivity contribution in [2.24, 2.45) is 0 Å². The number of para-hydroxylation sites is 2. The van der Waals surface area contributed by atoms with Gasteiger partial charge in [-0.25, -0.2) is 4.98 Å². The second-order valence-corrected chi connectivity index (χ2v) is 10.3. The van der Waals surface area contributed by atoms with Crippen molar-refractivity contribution in [1.29, 1.82) is 0 Å². The number of fused-ring (bicyclic) bond motifs is 8. The Morgan fingerprint density at radius 2 is 1.19 bits per heavy atom. The van der Waals surface area contributed by atoms with Crippen molar-refractivity contribution >= 4 is 64.2 Å². The van der Waals surface area contributed by atoms with Crippen molar-refractivity contribution in [2.45, 2.75) is 0 Å². The Morgan fingerprint density at radius 1 is 0.556 bits per heavy atom. The maximum Gasteiger partial charge on any atom is 0.125 e. The zero-order chi connectivity index (χ0) is 23.6. The lowest BCUT2D eigenvalue weighted by molar-refractivity contribution is 1.18. The van der Waals surface area contributed by atoms with Crippen LogP contribution in [0.1, 0.15) is 0 Å². The summed E-state index contributed by atoms with van der Waals surface area (Å²) in [6.07, 6.45) is 2.02. The van der Waals surface area contributed by atoms with Crippen LogP contribution in [0.5, 0.6) is 0 Å². The molecule has 0 atom stereocenters. The highest BCUT2D eigenvalue weighted by Crippen LogP contribution is 2.38. The molecule has 0 aliphatic rings. The van der Waals surface area contributed by atoms with Gasteiger partial charge in [-0.3, -0.25) is 0 Å². The Bertz CT molecular complexity index is 2040. The molecular weight excluding hydrogens is 456 g/mol. The van der Waals surface area contributed by atoms with Crippen LogP contribution in [0.4, 0.5) is 0 Å². The van der Waals surface area contributed by atoms with Gasteiger partial charge in [0.1, 0.15) is 4.83 Å². The zero-order valence-corrected chi connectivity index (χ0v) is 20.2. The average Bonchev–Trinajstić information content (AvgIpc) is 3.49. The molecule has 3 aromatic heterocycles. The Kier molecular flexibility index (Phi) is 4.13. The monoisotopic (exact) mass is 476 g/mol. The third kappa shape index (κ3) is 2.81. The molecule has 36 heavy (non-hydrogen) atoms. The first-order valence-corrected chi connectivity index (χ1v) is 13.0. The summed E-state index contributed by atoms with van der Waals surface area (Å²) in [6.45, 7) is 0. The van der Waals surface area contributed by atoms with Crippen LogP contribution in [0.2, 0.25) is 0 Å². The molecule has 0 N–H and O–H groups in total. The second-order valence-electron chi connectivity index (χ2n) is 9.26. The molecule has 5 aromatic carbocycles. The minimum atomic E-state index is 1.10. The molecule has 0 bridgehead atoms. The maximum absolute atomic E-state index is 4.80. The maximum atomic E-state index is 4.80. The molecule has 0 saturated carbocycles. The summed E-state index contributed by atoms with van der Waals surface area (Å²) in [4.78, 5) is 5.91. The van der Waals surface area contributed by atoms with E-state index < -0.39 is 0 Å². The molecule has 168 valence electrons. The fourth-order valence-electron chi connectivity index (χ4n) is 5.59. The van der Waals surface area contributed by atoms with Crippen LogP contribution in [-0.2, 0) is 0 Å². The standard InChI is InChI=1S/C33H20N2S/c1-4-10-29-26(7-1)27-8-2-5-11-30(27)35(29)24-16-13-21(14-17-24)22-15-18-25-23(19-22)20-34-33-32(25)28-9-3-6-12-31(28)36-33/h1-20H. The van der Waals surface area contributed by atoms with Gasteiger partial charge < -0.3 is 4.57 Å². The molecule has 8 rings (SSSR count). The van der Waals surface area contributed by atoms with E-state index in [0.717, 1.165) is 4.83 Å². The molecule has 0 unspecified atom stereocenters. The highest BCUT2D eigenvalue weighted by Gasteiger charge is 2.13. The molecular formula is C33H20N2S. The lowest BCUT2D eigenvalue weighted by atomic mass is 10.00. The summed E-state index contributed by atoms with van der Waals surface area (Å²) in [5, 5.41) is 7.57. The molecule has 8 aromatic rings. The predicted octanol–water partition coefficient (Wildman–Crippen LogP) is 9.37. The van der Waals surface area contributed by atoms with Crippen LogP contribution in [0.25, 0.3) is 69.7 Å². The smallest absolute Gasteiger partial charge is 0.125 e. The van der Waals surface area contributed by atoms with Crippen molar-refractivity contribution in [3.8, 4) is 16.8 Å². The molecule has 3 heterocycles. The quantitative estimate of drug-likeness (QED) is 0.243. The van der Waals surface area contributed by atoms with Crippen LogP contribution in [0.3, 0.4) is 0 Å². The van der Waals surface area contributed by atoms with E-state index >= 15 is 0 Å². The van der Waals surface area contributed by atoms with Gasteiger partial charge in [0.15, 0.2) is 0 Å². The highest BCUT2D eigenvalue weighted by molar-refractivity contribution is 7.25. The fourth-order valence-corrected chi connectivity index (χ4v) is 6.65. The minimum absolute atomic E-state index is 1.10. The lowest BCUT2D eigenvalue weighted by Gasteiger charge is -2.10. The van der Waals surface area contributed by atoms with E-state index in [1.807, 2.05) is 6.20 Å². The molecule has 0 radical (unpaired) electrons. The van der Waals surface area contributed by atoms with E-state index in [0.29, 0.717) is 0 Å². The van der Waals surface area contributed by atoms with Crippen LogP contribution in [0.15, 0.2) is 121 Å². The van der Waals surface area contributed by atoms with Crippen molar-refractivity contribution in [1.82, 2.24) is 9.55 Å². The third-order valence-electron chi connectivity index (χ3n) is 7.26. The van der Waals surface area contributed by atoms with Crippen molar-refractivity contribution in [2.75, 3.05) is 0 Å². The van der Waals surface area contributed by atoms with Crippen molar-refractivity contribution in [3.63, 3.8) is 0 Å². The van der Waals surface area contributed by atoms with E-state index in [4.69, 9.17) is 4.98 Å². The Hall–Kier alpha value is -4.47. The number of thiophene rings is 1. The predicted molar refractivity (Wildman–Crippen MR) is 154 cm³/mol.